The van der Waals surface area contributed by atoms with Gasteiger partial charge in [-0.1, -0.05) is 17.7 Å². The zero-order valence-corrected chi connectivity index (χ0v) is 13.1. The van der Waals surface area contributed by atoms with E-state index in [0.717, 1.165) is 36.6 Å². The van der Waals surface area contributed by atoms with E-state index < -0.39 is 0 Å². The van der Waals surface area contributed by atoms with E-state index >= 15 is 0 Å². The number of likely N-dealkylation sites (N-methyl/N-ethyl adjacent to an activating group) is 1. The van der Waals surface area contributed by atoms with Crippen LogP contribution in [-0.4, -0.2) is 31.6 Å². The molecule has 4 nitrogen and oxygen atoms in total. The summed E-state index contributed by atoms with van der Waals surface area (Å²) in [5, 5.41) is 6.97. The van der Waals surface area contributed by atoms with Gasteiger partial charge in [0.15, 0.2) is 0 Å². The summed E-state index contributed by atoms with van der Waals surface area (Å²) >= 11 is 6.45. The molecule has 0 radical (unpaired) electrons. The molecular weight excluding hydrogens is 286 g/mol. The van der Waals surface area contributed by atoms with Crippen LogP contribution in [0, 0.1) is 0 Å². The number of nitrogens with one attached hydrogen (secondary N) is 2. The monoisotopic (exact) mass is 307 g/mol. The maximum Gasteiger partial charge on any atom is 0.242 e. The molecule has 0 aromatic heterocycles. The number of nitrogens with zero attached hydrogens (tertiary/aromatic N) is 1. The minimum absolute atomic E-state index is 0.0723. The van der Waals surface area contributed by atoms with E-state index in [-0.39, 0.29) is 11.9 Å². The lowest BCUT2D eigenvalue weighted by Gasteiger charge is -2.26. The molecule has 0 bridgehead atoms. The molecule has 1 aliphatic heterocycles. The van der Waals surface area contributed by atoms with Gasteiger partial charge < -0.3 is 15.5 Å². The summed E-state index contributed by atoms with van der Waals surface area (Å²) in [5.41, 5.74) is 2.17. The maximum atomic E-state index is 12.0. The molecule has 1 aliphatic carbocycles. The van der Waals surface area contributed by atoms with Crippen LogP contribution in [0.15, 0.2) is 18.2 Å². The van der Waals surface area contributed by atoms with E-state index in [1.54, 1.807) is 7.05 Å². The second kappa shape index (κ2) is 6.24. The highest BCUT2D eigenvalue weighted by molar-refractivity contribution is 6.33. The first-order valence-corrected chi connectivity index (χ1v) is 8.07. The molecule has 1 amide bonds. The molecule has 1 saturated carbocycles. The van der Waals surface area contributed by atoms with Gasteiger partial charge in [-0.15, -0.1) is 0 Å². The van der Waals surface area contributed by atoms with Gasteiger partial charge >= 0.3 is 0 Å². The van der Waals surface area contributed by atoms with Gasteiger partial charge in [0.05, 0.1) is 10.7 Å². The van der Waals surface area contributed by atoms with Crippen LogP contribution in [0.3, 0.4) is 0 Å². The van der Waals surface area contributed by atoms with E-state index in [1.165, 1.54) is 18.4 Å². The Kier molecular flexibility index (Phi) is 4.36. The van der Waals surface area contributed by atoms with E-state index in [0.29, 0.717) is 6.04 Å². The van der Waals surface area contributed by atoms with Crippen molar-refractivity contribution in [2.45, 2.75) is 44.3 Å². The average Bonchev–Trinajstić information content (AvgIpc) is 3.20. The minimum Gasteiger partial charge on any atom is -0.358 e. The van der Waals surface area contributed by atoms with Crippen molar-refractivity contribution in [3.63, 3.8) is 0 Å². The van der Waals surface area contributed by atoms with E-state index in [9.17, 15) is 4.79 Å². The molecule has 1 aromatic rings. The highest BCUT2D eigenvalue weighted by Gasteiger charge is 2.31. The fourth-order valence-electron chi connectivity index (χ4n) is 2.94. The van der Waals surface area contributed by atoms with Crippen LogP contribution in [0.2, 0.25) is 5.02 Å². The molecular formula is C16H22ClN3O. The lowest BCUT2D eigenvalue weighted by atomic mass is 10.1. The summed E-state index contributed by atoms with van der Waals surface area (Å²) in [6.07, 6.45) is 4.49. The smallest absolute Gasteiger partial charge is 0.242 e. The Hall–Kier alpha value is -1.26. The summed E-state index contributed by atoms with van der Waals surface area (Å²) < 4.78 is 0. The molecule has 5 heteroatoms. The molecule has 1 aromatic carbocycles. The predicted molar refractivity (Wildman–Crippen MR) is 85.7 cm³/mol. The quantitative estimate of drug-likeness (QED) is 0.877. The molecule has 1 heterocycles. The molecule has 1 saturated heterocycles. The van der Waals surface area contributed by atoms with Gasteiger partial charge in [0, 0.05) is 26.2 Å². The number of benzene rings is 1. The Balaban J connectivity index is 1.73. The first kappa shape index (κ1) is 14.7. The van der Waals surface area contributed by atoms with Crippen molar-refractivity contribution in [3.8, 4) is 0 Å². The lowest BCUT2D eigenvalue weighted by Crippen LogP contribution is -2.42. The number of carbonyl (C=O) groups excluding carboxylic acids is 1. The number of rotatable bonds is 5. The normalized spacial score (nSPS) is 21.6. The third kappa shape index (κ3) is 3.33. The Morgan fingerprint density at radius 1 is 1.38 bits per heavy atom. The minimum atomic E-state index is -0.0945. The van der Waals surface area contributed by atoms with Crippen molar-refractivity contribution < 1.29 is 4.79 Å². The number of hydrogen-bond acceptors (Lipinski definition) is 3. The molecule has 2 fully saturated rings. The van der Waals surface area contributed by atoms with Crippen molar-refractivity contribution in [2.75, 3.05) is 18.5 Å². The summed E-state index contributed by atoms with van der Waals surface area (Å²) in [6.45, 7) is 1.75. The topological polar surface area (TPSA) is 44.4 Å². The first-order valence-electron chi connectivity index (χ1n) is 7.69. The van der Waals surface area contributed by atoms with Crippen molar-refractivity contribution in [1.82, 2.24) is 10.6 Å². The molecule has 1 atom stereocenters. The van der Waals surface area contributed by atoms with Gasteiger partial charge in [-0.05, 0) is 43.4 Å². The number of halogens is 1. The van der Waals surface area contributed by atoms with Crippen molar-refractivity contribution >= 4 is 23.2 Å². The number of carbonyl (C=O) groups is 1. The third-order valence-corrected chi connectivity index (χ3v) is 4.60. The van der Waals surface area contributed by atoms with Crippen LogP contribution >= 0.6 is 11.6 Å². The SMILES string of the molecule is CNC(=O)C1CCCN1c1ccc(CNC2CC2)cc1Cl. The molecule has 114 valence electrons. The number of anilines is 1. The van der Waals surface area contributed by atoms with Crippen molar-refractivity contribution in [2.24, 2.45) is 0 Å². The van der Waals surface area contributed by atoms with Crippen LogP contribution in [0.4, 0.5) is 5.69 Å². The summed E-state index contributed by atoms with van der Waals surface area (Å²) in [4.78, 5) is 14.1. The highest BCUT2D eigenvalue weighted by atomic mass is 35.5. The summed E-state index contributed by atoms with van der Waals surface area (Å²) in [7, 11) is 1.69. The van der Waals surface area contributed by atoms with Crippen molar-refractivity contribution in [3.05, 3.63) is 28.8 Å². The van der Waals surface area contributed by atoms with Gasteiger partial charge in [0.25, 0.3) is 0 Å². The number of hydrogen-bond donors (Lipinski definition) is 2. The fourth-order valence-corrected chi connectivity index (χ4v) is 3.25. The van der Waals surface area contributed by atoms with Crippen molar-refractivity contribution in [1.29, 1.82) is 0 Å². The standard InChI is InChI=1S/C16H22ClN3O/c1-18-16(21)15-3-2-8-20(15)14-7-4-11(9-13(14)17)10-19-12-5-6-12/h4,7,9,12,15,19H,2-3,5-6,8,10H2,1H3,(H,18,21). The first-order chi connectivity index (χ1) is 10.2. The highest BCUT2D eigenvalue weighted by Crippen LogP contribution is 2.33. The lowest BCUT2D eigenvalue weighted by molar-refractivity contribution is -0.121. The Bertz CT molecular complexity index is 530. The van der Waals surface area contributed by atoms with Gasteiger partial charge in [0.2, 0.25) is 5.91 Å². The molecule has 3 rings (SSSR count). The molecule has 0 spiro atoms. The molecule has 1 unspecified atom stereocenters. The average molecular weight is 308 g/mol. The second-order valence-corrected chi connectivity index (χ2v) is 6.31. The van der Waals surface area contributed by atoms with Crippen LogP contribution < -0.4 is 15.5 Å². The van der Waals surface area contributed by atoms with Crippen LogP contribution in [0.5, 0.6) is 0 Å². The van der Waals surface area contributed by atoms with E-state index in [4.69, 9.17) is 11.6 Å². The largest absolute Gasteiger partial charge is 0.358 e. The zero-order chi connectivity index (χ0) is 14.8. The maximum absolute atomic E-state index is 12.0. The van der Waals surface area contributed by atoms with E-state index in [1.807, 2.05) is 12.1 Å². The van der Waals surface area contributed by atoms with Crippen LogP contribution in [0.25, 0.3) is 0 Å². The fraction of sp³-hybridized carbons (Fsp3) is 0.562. The molecule has 2 aliphatic rings. The Morgan fingerprint density at radius 3 is 2.86 bits per heavy atom. The zero-order valence-electron chi connectivity index (χ0n) is 12.4. The van der Waals surface area contributed by atoms with Gasteiger partial charge in [-0.3, -0.25) is 4.79 Å². The third-order valence-electron chi connectivity index (χ3n) is 4.30. The van der Waals surface area contributed by atoms with Crippen LogP contribution in [0.1, 0.15) is 31.2 Å². The Labute approximate surface area is 130 Å². The van der Waals surface area contributed by atoms with Gasteiger partial charge in [0.1, 0.15) is 6.04 Å². The second-order valence-electron chi connectivity index (χ2n) is 5.91. The summed E-state index contributed by atoms with van der Waals surface area (Å²) in [5.74, 6) is 0.0723. The molecule has 21 heavy (non-hydrogen) atoms. The van der Waals surface area contributed by atoms with Crippen LogP contribution in [-0.2, 0) is 11.3 Å². The number of amides is 1. The van der Waals surface area contributed by atoms with E-state index in [2.05, 4.69) is 21.6 Å². The summed E-state index contributed by atoms with van der Waals surface area (Å²) in [6, 6.07) is 6.78. The Morgan fingerprint density at radius 2 is 2.19 bits per heavy atom. The predicted octanol–water partition coefficient (Wildman–Crippen LogP) is 2.31. The van der Waals surface area contributed by atoms with Gasteiger partial charge in [-0.2, -0.15) is 0 Å². The van der Waals surface area contributed by atoms with Gasteiger partial charge in [-0.25, -0.2) is 0 Å². The molecule has 2 N–H and O–H groups in total.